The summed E-state index contributed by atoms with van der Waals surface area (Å²) in [6.45, 7) is 1.84. The number of anilines is 1. The fourth-order valence-corrected chi connectivity index (χ4v) is 1.78. The molecule has 0 aliphatic rings. The Hall–Kier alpha value is -2.14. The third kappa shape index (κ3) is 3.00. The molecule has 1 amide bonds. The first-order valence-corrected chi connectivity index (χ1v) is 5.92. The Kier molecular flexibility index (Phi) is 3.97. The van der Waals surface area contributed by atoms with Crippen molar-refractivity contribution in [2.75, 3.05) is 12.4 Å². The summed E-state index contributed by atoms with van der Waals surface area (Å²) in [5.74, 6) is -0.0308. The fourth-order valence-electron chi connectivity index (χ4n) is 1.57. The van der Waals surface area contributed by atoms with E-state index in [2.05, 4.69) is 15.3 Å². The van der Waals surface area contributed by atoms with Crippen LogP contribution in [-0.2, 0) is 0 Å². The normalized spacial score (nSPS) is 10.1. The van der Waals surface area contributed by atoms with E-state index in [4.69, 9.17) is 16.3 Å². The molecule has 0 unspecified atom stereocenters. The lowest BCUT2D eigenvalue weighted by Crippen LogP contribution is -2.14. The van der Waals surface area contributed by atoms with E-state index >= 15 is 0 Å². The van der Waals surface area contributed by atoms with Gasteiger partial charge in [-0.25, -0.2) is 9.97 Å². The summed E-state index contributed by atoms with van der Waals surface area (Å²) in [5, 5.41) is 3.13. The lowest BCUT2D eigenvalue weighted by molar-refractivity contribution is 0.102. The van der Waals surface area contributed by atoms with Gasteiger partial charge in [0.15, 0.2) is 0 Å². The van der Waals surface area contributed by atoms with Crippen molar-refractivity contribution in [3.63, 3.8) is 0 Å². The monoisotopic (exact) mass is 277 g/mol. The van der Waals surface area contributed by atoms with Crippen molar-refractivity contribution < 1.29 is 9.53 Å². The molecule has 5 nitrogen and oxygen atoms in total. The van der Waals surface area contributed by atoms with E-state index in [1.165, 1.54) is 13.3 Å². The molecule has 0 saturated carbocycles. The van der Waals surface area contributed by atoms with Crippen LogP contribution >= 0.6 is 11.6 Å². The molecule has 0 aliphatic heterocycles. The van der Waals surface area contributed by atoms with Crippen molar-refractivity contribution in [2.45, 2.75) is 6.92 Å². The second-order valence-electron chi connectivity index (χ2n) is 3.84. The summed E-state index contributed by atoms with van der Waals surface area (Å²) in [7, 11) is 1.47. The van der Waals surface area contributed by atoms with E-state index in [0.717, 1.165) is 5.56 Å². The van der Waals surface area contributed by atoms with Crippen LogP contribution in [0.3, 0.4) is 0 Å². The number of ether oxygens (including phenoxy) is 1. The number of nitrogens with one attached hydrogen (secondary N) is 1. The molecule has 6 heteroatoms. The third-order valence-corrected chi connectivity index (χ3v) is 2.74. The molecule has 0 saturated heterocycles. The maximum absolute atomic E-state index is 12.1. The molecule has 0 atom stereocenters. The molecule has 0 spiro atoms. The van der Waals surface area contributed by atoms with Gasteiger partial charge in [-0.15, -0.1) is 0 Å². The van der Waals surface area contributed by atoms with Gasteiger partial charge < -0.3 is 10.1 Å². The number of aryl methyl sites for hydroxylation is 1. The van der Waals surface area contributed by atoms with E-state index in [0.29, 0.717) is 16.4 Å². The number of halogens is 1. The van der Waals surface area contributed by atoms with Crippen molar-refractivity contribution in [1.29, 1.82) is 0 Å². The second kappa shape index (κ2) is 5.67. The average molecular weight is 278 g/mol. The van der Waals surface area contributed by atoms with E-state index in [-0.39, 0.29) is 11.8 Å². The Morgan fingerprint density at radius 1 is 1.42 bits per heavy atom. The minimum absolute atomic E-state index is 0.277. The van der Waals surface area contributed by atoms with Crippen LogP contribution in [0.5, 0.6) is 5.88 Å². The minimum atomic E-state index is -0.308. The molecular weight excluding hydrogens is 266 g/mol. The third-order valence-electron chi connectivity index (χ3n) is 2.53. The molecule has 2 aromatic rings. The number of methoxy groups -OCH3 is 1. The van der Waals surface area contributed by atoms with Gasteiger partial charge in [-0.1, -0.05) is 11.6 Å². The lowest BCUT2D eigenvalue weighted by Gasteiger charge is -2.09. The second-order valence-corrected chi connectivity index (χ2v) is 4.22. The molecule has 0 aliphatic carbocycles. The van der Waals surface area contributed by atoms with Crippen molar-refractivity contribution in [3.05, 3.63) is 46.9 Å². The van der Waals surface area contributed by atoms with E-state index in [9.17, 15) is 4.79 Å². The largest absolute Gasteiger partial charge is 0.480 e. The molecule has 98 valence electrons. The van der Waals surface area contributed by atoms with Crippen LogP contribution in [0.1, 0.15) is 15.9 Å². The van der Waals surface area contributed by atoms with Crippen LogP contribution in [0.4, 0.5) is 5.69 Å². The van der Waals surface area contributed by atoms with Gasteiger partial charge in [-0.05, 0) is 30.7 Å². The number of nitrogens with zero attached hydrogens (tertiary/aromatic N) is 2. The SMILES string of the molecule is COc1ncccc1C(=O)Nc1cnc(Cl)cc1C. The summed E-state index contributed by atoms with van der Waals surface area (Å²) >= 11 is 5.76. The van der Waals surface area contributed by atoms with Gasteiger partial charge in [-0.2, -0.15) is 0 Å². The van der Waals surface area contributed by atoms with Crippen LogP contribution in [0, 0.1) is 6.92 Å². The Labute approximate surface area is 115 Å². The number of hydrogen-bond acceptors (Lipinski definition) is 4. The topological polar surface area (TPSA) is 64.1 Å². The molecule has 0 bridgehead atoms. The Morgan fingerprint density at radius 3 is 2.89 bits per heavy atom. The number of rotatable bonds is 3. The van der Waals surface area contributed by atoms with Gasteiger partial charge in [0.25, 0.3) is 5.91 Å². The molecule has 0 aromatic carbocycles. The molecule has 0 fully saturated rings. The van der Waals surface area contributed by atoms with Gasteiger partial charge >= 0.3 is 0 Å². The number of pyridine rings is 2. The highest BCUT2D eigenvalue weighted by molar-refractivity contribution is 6.29. The van der Waals surface area contributed by atoms with Crippen LogP contribution in [0.2, 0.25) is 5.15 Å². The van der Waals surface area contributed by atoms with Gasteiger partial charge in [0.05, 0.1) is 19.0 Å². The zero-order valence-corrected chi connectivity index (χ0v) is 11.2. The van der Waals surface area contributed by atoms with Crippen LogP contribution in [0.15, 0.2) is 30.6 Å². The first kappa shape index (κ1) is 13.3. The summed E-state index contributed by atoms with van der Waals surface area (Å²) in [6.07, 6.45) is 3.07. The predicted octanol–water partition coefficient (Wildman–Crippen LogP) is 2.70. The number of carbonyl (C=O) groups excluding carboxylic acids is 1. The molecular formula is C13H12ClN3O2. The highest BCUT2D eigenvalue weighted by atomic mass is 35.5. The standard InChI is InChI=1S/C13H12ClN3O2/c1-8-6-11(14)16-7-10(8)17-12(18)9-4-3-5-15-13(9)19-2/h3-7H,1-2H3,(H,17,18). The molecule has 2 heterocycles. The summed E-state index contributed by atoms with van der Waals surface area (Å²) in [4.78, 5) is 20.0. The molecule has 2 rings (SSSR count). The number of aromatic nitrogens is 2. The zero-order chi connectivity index (χ0) is 13.8. The first-order valence-electron chi connectivity index (χ1n) is 5.54. The van der Waals surface area contributed by atoms with E-state index in [1.54, 1.807) is 24.4 Å². The van der Waals surface area contributed by atoms with Crippen molar-refractivity contribution in [3.8, 4) is 5.88 Å². The van der Waals surface area contributed by atoms with E-state index in [1.807, 2.05) is 6.92 Å². The van der Waals surface area contributed by atoms with Crippen LogP contribution in [-0.4, -0.2) is 23.0 Å². The summed E-state index contributed by atoms with van der Waals surface area (Å²) in [5.41, 5.74) is 1.79. The molecule has 1 N–H and O–H groups in total. The van der Waals surface area contributed by atoms with Crippen LogP contribution < -0.4 is 10.1 Å². The Bertz CT molecular complexity index is 617. The highest BCUT2D eigenvalue weighted by Crippen LogP contribution is 2.20. The van der Waals surface area contributed by atoms with Crippen molar-refractivity contribution in [1.82, 2.24) is 9.97 Å². The number of amides is 1. The number of hydrogen-bond donors (Lipinski definition) is 1. The van der Waals surface area contributed by atoms with E-state index < -0.39 is 0 Å². The predicted molar refractivity (Wildman–Crippen MR) is 72.7 cm³/mol. The lowest BCUT2D eigenvalue weighted by atomic mass is 10.2. The molecule has 2 aromatic heterocycles. The summed E-state index contributed by atoms with van der Waals surface area (Å²) in [6, 6.07) is 4.99. The van der Waals surface area contributed by atoms with Gasteiger partial charge in [0.1, 0.15) is 10.7 Å². The van der Waals surface area contributed by atoms with Gasteiger partial charge in [0.2, 0.25) is 5.88 Å². The Balaban J connectivity index is 2.26. The smallest absolute Gasteiger partial charge is 0.261 e. The summed E-state index contributed by atoms with van der Waals surface area (Å²) < 4.78 is 5.04. The fraction of sp³-hybridized carbons (Fsp3) is 0.154. The van der Waals surface area contributed by atoms with Gasteiger partial charge in [0, 0.05) is 6.20 Å². The average Bonchev–Trinajstić information content (AvgIpc) is 2.41. The first-order chi connectivity index (χ1) is 9.11. The maximum Gasteiger partial charge on any atom is 0.261 e. The number of carbonyl (C=O) groups is 1. The Morgan fingerprint density at radius 2 is 2.21 bits per heavy atom. The van der Waals surface area contributed by atoms with Crippen molar-refractivity contribution in [2.24, 2.45) is 0 Å². The van der Waals surface area contributed by atoms with Crippen LogP contribution in [0.25, 0.3) is 0 Å². The van der Waals surface area contributed by atoms with Crippen molar-refractivity contribution >= 4 is 23.2 Å². The maximum atomic E-state index is 12.1. The zero-order valence-electron chi connectivity index (χ0n) is 10.5. The molecule has 19 heavy (non-hydrogen) atoms. The molecule has 0 radical (unpaired) electrons. The van der Waals surface area contributed by atoms with Gasteiger partial charge in [-0.3, -0.25) is 4.79 Å². The quantitative estimate of drug-likeness (QED) is 0.876. The highest BCUT2D eigenvalue weighted by Gasteiger charge is 2.14. The minimum Gasteiger partial charge on any atom is -0.480 e.